The van der Waals surface area contributed by atoms with Gasteiger partial charge >= 0.3 is 5.97 Å². The van der Waals surface area contributed by atoms with E-state index < -0.39 is 5.97 Å². The number of rotatable bonds is 7. The summed E-state index contributed by atoms with van der Waals surface area (Å²) < 4.78 is 0. The van der Waals surface area contributed by atoms with Gasteiger partial charge in [0, 0.05) is 12.5 Å². The first kappa shape index (κ1) is 17.0. The molecular formula is C17H23NO3. The van der Waals surface area contributed by atoms with E-state index in [2.05, 4.69) is 19.2 Å². The van der Waals surface area contributed by atoms with Gasteiger partial charge in [0.2, 0.25) is 5.91 Å². The van der Waals surface area contributed by atoms with Crippen LogP contribution < -0.4 is 5.32 Å². The molecule has 2 atom stereocenters. The summed E-state index contributed by atoms with van der Waals surface area (Å²) in [6.07, 6.45) is 4.18. The Hall–Kier alpha value is -2.10. The molecular weight excluding hydrogens is 266 g/mol. The Bertz CT molecular complexity index is 505. The van der Waals surface area contributed by atoms with Crippen molar-refractivity contribution in [1.29, 1.82) is 0 Å². The molecule has 0 aliphatic rings. The maximum atomic E-state index is 11.9. The highest BCUT2D eigenvalue weighted by Gasteiger charge is 2.11. The summed E-state index contributed by atoms with van der Waals surface area (Å²) in [4.78, 5) is 22.3. The molecule has 0 radical (unpaired) electrons. The van der Waals surface area contributed by atoms with Crippen LogP contribution in [0.4, 0.5) is 0 Å². The highest BCUT2D eigenvalue weighted by atomic mass is 16.4. The Labute approximate surface area is 125 Å². The summed E-state index contributed by atoms with van der Waals surface area (Å²) >= 11 is 0. The number of carboxylic acid groups (broad SMARTS) is 1. The Morgan fingerprint density at radius 2 is 1.86 bits per heavy atom. The lowest BCUT2D eigenvalue weighted by Gasteiger charge is -2.16. The lowest BCUT2D eigenvalue weighted by atomic mass is 10.0. The molecule has 0 aromatic heterocycles. The van der Waals surface area contributed by atoms with Gasteiger partial charge in [0.1, 0.15) is 0 Å². The molecule has 0 aliphatic carbocycles. The normalized spacial score (nSPS) is 13.9. The van der Waals surface area contributed by atoms with E-state index in [1.165, 1.54) is 6.08 Å². The largest absolute Gasteiger partial charge is 0.478 e. The van der Waals surface area contributed by atoms with Crippen LogP contribution >= 0.6 is 0 Å². The Morgan fingerprint density at radius 1 is 1.24 bits per heavy atom. The van der Waals surface area contributed by atoms with Crippen molar-refractivity contribution >= 4 is 18.0 Å². The van der Waals surface area contributed by atoms with Crippen LogP contribution in [-0.4, -0.2) is 17.0 Å². The molecule has 2 N–H and O–H groups in total. The number of benzene rings is 1. The van der Waals surface area contributed by atoms with Crippen molar-refractivity contribution in [3.63, 3.8) is 0 Å². The summed E-state index contributed by atoms with van der Waals surface area (Å²) in [5.74, 6) is -0.516. The second-order valence-corrected chi connectivity index (χ2v) is 5.34. The van der Waals surface area contributed by atoms with E-state index in [1.54, 1.807) is 0 Å². The molecule has 1 amide bonds. The molecule has 0 spiro atoms. The maximum Gasteiger partial charge on any atom is 0.328 e. The minimum absolute atomic E-state index is 0.0564. The van der Waals surface area contributed by atoms with Gasteiger partial charge in [-0.25, -0.2) is 4.79 Å². The van der Waals surface area contributed by atoms with Gasteiger partial charge < -0.3 is 10.4 Å². The maximum absolute atomic E-state index is 11.9. The number of carboxylic acids is 1. The van der Waals surface area contributed by atoms with Gasteiger partial charge in [-0.15, -0.1) is 0 Å². The van der Waals surface area contributed by atoms with Gasteiger partial charge in [0.25, 0.3) is 0 Å². The predicted molar refractivity (Wildman–Crippen MR) is 83.7 cm³/mol. The molecule has 4 heteroatoms. The Balaban J connectivity index is 2.60. The molecule has 1 aromatic carbocycles. The van der Waals surface area contributed by atoms with Crippen LogP contribution in [-0.2, 0) is 9.59 Å². The number of carbonyl (C=O) groups excluding carboxylic acids is 1. The van der Waals surface area contributed by atoms with Crippen molar-refractivity contribution in [2.24, 2.45) is 5.92 Å². The van der Waals surface area contributed by atoms with Crippen LogP contribution in [0.15, 0.2) is 30.3 Å². The van der Waals surface area contributed by atoms with E-state index in [0.717, 1.165) is 23.6 Å². The van der Waals surface area contributed by atoms with Gasteiger partial charge in [0.15, 0.2) is 0 Å². The van der Waals surface area contributed by atoms with Crippen molar-refractivity contribution in [1.82, 2.24) is 5.32 Å². The molecule has 0 saturated carbocycles. The first-order valence-electron chi connectivity index (χ1n) is 7.22. The standard InChI is InChI=1S/C17H23NO3/c1-4-12(2)11-16(19)18-13(3)15-8-5-14(6-9-15)7-10-17(20)21/h5-10,12-13H,4,11H2,1-3H3,(H,18,19)(H,20,21)/b10-7+. The number of nitrogens with one attached hydrogen (secondary N) is 1. The monoisotopic (exact) mass is 289 g/mol. The lowest BCUT2D eigenvalue weighted by molar-refractivity contribution is -0.131. The third kappa shape index (κ3) is 6.25. The molecule has 2 unspecified atom stereocenters. The second kappa shape index (κ2) is 8.25. The summed E-state index contributed by atoms with van der Waals surface area (Å²) in [7, 11) is 0. The minimum atomic E-state index is -0.968. The summed E-state index contributed by atoms with van der Waals surface area (Å²) in [6.45, 7) is 6.08. The molecule has 21 heavy (non-hydrogen) atoms. The fraction of sp³-hybridized carbons (Fsp3) is 0.412. The second-order valence-electron chi connectivity index (χ2n) is 5.34. The van der Waals surface area contributed by atoms with Crippen LogP contribution in [0.25, 0.3) is 6.08 Å². The first-order chi connectivity index (χ1) is 9.92. The summed E-state index contributed by atoms with van der Waals surface area (Å²) in [6, 6.07) is 7.42. The summed E-state index contributed by atoms with van der Waals surface area (Å²) in [5, 5.41) is 11.6. The molecule has 0 fully saturated rings. The molecule has 1 aromatic rings. The average Bonchev–Trinajstić information content (AvgIpc) is 2.45. The Morgan fingerprint density at radius 3 is 2.38 bits per heavy atom. The van der Waals surface area contributed by atoms with Crippen LogP contribution in [0.3, 0.4) is 0 Å². The zero-order valence-electron chi connectivity index (χ0n) is 12.8. The van der Waals surface area contributed by atoms with E-state index in [1.807, 2.05) is 31.2 Å². The highest BCUT2D eigenvalue weighted by molar-refractivity contribution is 5.85. The van der Waals surface area contributed by atoms with E-state index in [0.29, 0.717) is 12.3 Å². The summed E-state index contributed by atoms with van der Waals surface area (Å²) in [5.41, 5.74) is 1.82. The molecule has 4 nitrogen and oxygen atoms in total. The Kier molecular flexibility index (Phi) is 6.66. The number of carbonyl (C=O) groups is 2. The van der Waals surface area contributed by atoms with Gasteiger partial charge in [-0.2, -0.15) is 0 Å². The van der Waals surface area contributed by atoms with Crippen molar-refractivity contribution in [2.45, 2.75) is 39.7 Å². The van der Waals surface area contributed by atoms with Crippen LogP contribution in [0.2, 0.25) is 0 Å². The van der Waals surface area contributed by atoms with E-state index >= 15 is 0 Å². The first-order valence-corrected chi connectivity index (χ1v) is 7.22. The van der Waals surface area contributed by atoms with Crippen molar-refractivity contribution in [3.05, 3.63) is 41.5 Å². The molecule has 0 aliphatic heterocycles. The number of hydrogen-bond acceptors (Lipinski definition) is 2. The van der Waals surface area contributed by atoms with Gasteiger partial charge in [-0.05, 0) is 30.0 Å². The molecule has 0 bridgehead atoms. The van der Waals surface area contributed by atoms with E-state index in [9.17, 15) is 9.59 Å². The van der Waals surface area contributed by atoms with Gasteiger partial charge in [0.05, 0.1) is 6.04 Å². The fourth-order valence-electron chi connectivity index (χ4n) is 1.91. The minimum Gasteiger partial charge on any atom is -0.478 e. The number of hydrogen-bond donors (Lipinski definition) is 2. The third-order valence-electron chi connectivity index (χ3n) is 3.46. The van der Waals surface area contributed by atoms with Crippen LogP contribution in [0.1, 0.15) is 50.8 Å². The van der Waals surface area contributed by atoms with Crippen molar-refractivity contribution in [2.75, 3.05) is 0 Å². The van der Waals surface area contributed by atoms with E-state index in [4.69, 9.17) is 5.11 Å². The quantitative estimate of drug-likeness (QED) is 0.756. The average molecular weight is 289 g/mol. The number of aliphatic carboxylic acids is 1. The highest BCUT2D eigenvalue weighted by Crippen LogP contribution is 2.15. The SMILES string of the molecule is CCC(C)CC(=O)NC(C)c1ccc(/C=C/C(=O)O)cc1. The molecule has 0 saturated heterocycles. The topological polar surface area (TPSA) is 66.4 Å². The van der Waals surface area contributed by atoms with Crippen LogP contribution in [0.5, 0.6) is 0 Å². The molecule has 0 heterocycles. The lowest BCUT2D eigenvalue weighted by Crippen LogP contribution is -2.27. The number of amides is 1. The van der Waals surface area contributed by atoms with Crippen molar-refractivity contribution in [3.8, 4) is 0 Å². The smallest absolute Gasteiger partial charge is 0.328 e. The predicted octanol–water partition coefficient (Wildman–Crippen LogP) is 3.40. The zero-order chi connectivity index (χ0) is 15.8. The molecule has 114 valence electrons. The van der Waals surface area contributed by atoms with Crippen LogP contribution in [0, 0.1) is 5.92 Å². The van der Waals surface area contributed by atoms with Gasteiger partial charge in [-0.3, -0.25) is 4.79 Å². The molecule has 1 rings (SSSR count). The van der Waals surface area contributed by atoms with Crippen molar-refractivity contribution < 1.29 is 14.7 Å². The van der Waals surface area contributed by atoms with E-state index in [-0.39, 0.29) is 11.9 Å². The zero-order valence-corrected chi connectivity index (χ0v) is 12.8. The third-order valence-corrected chi connectivity index (χ3v) is 3.46. The van der Waals surface area contributed by atoms with Gasteiger partial charge in [-0.1, -0.05) is 44.5 Å². The fourth-order valence-corrected chi connectivity index (χ4v) is 1.91.